The zero-order chi connectivity index (χ0) is 13.8. The predicted octanol–water partition coefficient (Wildman–Crippen LogP) is 0.653. The zero-order valence-corrected chi connectivity index (χ0v) is 11.3. The molecule has 2 heterocycles. The standard InChI is InChI=1S/C13H19N3O3/c1-3-15-9-6-14-11(12(15)17)16-7-4-10(5-8-16)13(18)19-2/h6,9-10H,3-5,7-8H2,1-2H3. The number of hydrogen-bond acceptors (Lipinski definition) is 5. The van der Waals surface area contributed by atoms with E-state index >= 15 is 0 Å². The van der Waals surface area contributed by atoms with Crippen LogP contribution in [0.5, 0.6) is 0 Å². The Balaban J connectivity index is 2.10. The molecule has 0 radical (unpaired) electrons. The van der Waals surface area contributed by atoms with Crippen LogP contribution < -0.4 is 10.5 Å². The fourth-order valence-corrected chi connectivity index (χ4v) is 2.40. The highest BCUT2D eigenvalue weighted by Crippen LogP contribution is 2.20. The van der Waals surface area contributed by atoms with E-state index in [4.69, 9.17) is 4.74 Å². The summed E-state index contributed by atoms with van der Waals surface area (Å²) in [6, 6.07) is 0. The Morgan fingerprint density at radius 2 is 2.16 bits per heavy atom. The van der Waals surface area contributed by atoms with Crippen LogP contribution in [0.1, 0.15) is 19.8 Å². The highest BCUT2D eigenvalue weighted by Gasteiger charge is 2.27. The van der Waals surface area contributed by atoms with Crippen molar-refractivity contribution in [1.29, 1.82) is 0 Å². The van der Waals surface area contributed by atoms with E-state index < -0.39 is 0 Å². The number of aromatic nitrogens is 2. The molecule has 1 aromatic heterocycles. The van der Waals surface area contributed by atoms with Gasteiger partial charge in [-0.25, -0.2) is 4.98 Å². The summed E-state index contributed by atoms with van der Waals surface area (Å²) in [5.41, 5.74) is -0.0680. The van der Waals surface area contributed by atoms with Crippen LogP contribution in [0.3, 0.4) is 0 Å². The van der Waals surface area contributed by atoms with Gasteiger partial charge in [0.05, 0.1) is 13.0 Å². The maximum absolute atomic E-state index is 12.1. The van der Waals surface area contributed by atoms with E-state index in [1.54, 1.807) is 17.0 Å². The summed E-state index contributed by atoms with van der Waals surface area (Å²) in [5, 5.41) is 0. The Labute approximate surface area is 112 Å². The van der Waals surface area contributed by atoms with Crippen LogP contribution in [-0.2, 0) is 16.1 Å². The molecule has 0 saturated carbocycles. The van der Waals surface area contributed by atoms with Crippen molar-refractivity contribution in [1.82, 2.24) is 9.55 Å². The molecule has 2 rings (SSSR count). The van der Waals surface area contributed by atoms with Crippen molar-refractivity contribution in [2.24, 2.45) is 5.92 Å². The van der Waals surface area contributed by atoms with Crippen LogP contribution >= 0.6 is 0 Å². The van der Waals surface area contributed by atoms with E-state index in [0.29, 0.717) is 38.3 Å². The summed E-state index contributed by atoms with van der Waals surface area (Å²) >= 11 is 0. The summed E-state index contributed by atoms with van der Waals surface area (Å²) in [6.45, 7) is 3.88. The molecule has 0 aliphatic carbocycles. The lowest BCUT2D eigenvalue weighted by Crippen LogP contribution is -2.40. The number of carbonyl (C=O) groups is 1. The highest BCUT2D eigenvalue weighted by atomic mass is 16.5. The minimum Gasteiger partial charge on any atom is -0.469 e. The minimum atomic E-state index is -0.161. The van der Waals surface area contributed by atoms with Gasteiger partial charge >= 0.3 is 5.97 Å². The van der Waals surface area contributed by atoms with Crippen LogP contribution in [0, 0.1) is 5.92 Å². The first-order chi connectivity index (χ1) is 9.17. The van der Waals surface area contributed by atoms with Gasteiger partial charge in [-0.3, -0.25) is 9.59 Å². The van der Waals surface area contributed by atoms with Gasteiger partial charge in [0, 0.05) is 32.0 Å². The Kier molecular flexibility index (Phi) is 4.19. The summed E-state index contributed by atoms with van der Waals surface area (Å²) in [5.74, 6) is 0.262. The molecule has 1 fully saturated rings. The van der Waals surface area contributed by atoms with Gasteiger partial charge in [0.15, 0.2) is 5.82 Å². The normalized spacial score (nSPS) is 16.4. The Bertz CT molecular complexity index is 504. The first-order valence-corrected chi connectivity index (χ1v) is 6.55. The Hall–Kier alpha value is -1.85. The molecule has 1 aromatic rings. The van der Waals surface area contributed by atoms with Crippen LogP contribution in [-0.4, -0.2) is 35.7 Å². The van der Waals surface area contributed by atoms with Gasteiger partial charge in [-0.2, -0.15) is 0 Å². The second-order valence-electron chi connectivity index (χ2n) is 4.63. The number of aryl methyl sites for hydroxylation is 1. The minimum absolute atomic E-state index is 0.0571. The quantitative estimate of drug-likeness (QED) is 0.751. The molecule has 0 N–H and O–H groups in total. The lowest BCUT2D eigenvalue weighted by atomic mass is 9.97. The van der Waals surface area contributed by atoms with Gasteiger partial charge in [0.1, 0.15) is 0 Å². The molecule has 6 heteroatoms. The van der Waals surface area contributed by atoms with Crippen LogP contribution in [0.25, 0.3) is 0 Å². The highest BCUT2D eigenvalue weighted by molar-refractivity contribution is 5.72. The number of methoxy groups -OCH3 is 1. The van der Waals surface area contributed by atoms with Crippen molar-refractivity contribution < 1.29 is 9.53 Å². The molecule has 0 atom stereocenters. The van der Waals surface area contributed by atoms with Gasteiger partial charge in [-0.1, -0.05) is 0 Å². The van der Waals surface area contributed by atoms with Crippen molar-refractivity contribution in [3.63, 3.8) is 0 Å². The van der Waals surface area contributed by atoms with E-state index in [9.17, 15) is 9.59 Å². The van der Waals surface area contributed by atoms with Gasteiger partial charge in [-0.15, -0.1) is 0 Å². The van der Waals surface area contributed by atoms with Crippen molar-refractivity contribution >= 4 is 11.8 Å². The van der Waals surface area contributed by atoms with E-state index in [1.807, 2.05) is 11.8 Å². The summed E-state index contributed by atoms with van der Waals surface area (Å²) in [6.07, 6.45) is 4.74. The molecule has 6 nitrogen and oxygen atoms in total. The number of anilines is 1. The molecule has 1 aliphatic heterocycles. The third-order valence-electron chi connectivity index (χ3n) is 3.57. The lowest BCUT2D eigenvalue weighted by Gasteiger charge is -2.31. The fraction of sp³-hybridized carbons (Fsp3) is 0.615. The predicted molar refractivity (Wildman–Crippen MR) is 71.1 cm³/mol. The average molecular weight is 265 g/mol. The third kappa shape index (κ3) is 2.77. The van der Waals surface area contributed by atoms with E-state index in [-0.39, 0.29) is 17.4 Å². The monoisotopic (exact) mass is 265 g/mol. The number of carbonyl (C=O) groups excluding carboxylic acids is 1. The number of hydrogen-bond donors (Lipinski definition) is 0. The second-order valence-corrected chi connectivity index (χ2v) is 4.63. The van der Waals surface area contributed by atoms with Crippen molar-refractivity contribution in [3.8, 4) is 0 Å². The van der Waals surface area contributed by atoms with E-state index in [1.165, 1.54) is 7.11 Å². The number of esters is 1. The summed E-state index contributed by atoms with van der Waals surface area (Å²) in [4.78, 5) is 29.7. The molecule has 0 unspecified atom stereocenters. The lowest BCUT2D eigenvalue weighted by molar-refractivity contribution is -0.146. The van der Waals surface area contributed by atoms with Gasteiger partial charge < -0.3 is 14.2 Å². The van der Waals surface area contributed by atoms with Gasteiger partial charge in [0.25, 0.3) is 5.56 Å². The van der Waals surface area contributed by atoms with Gasteiger partial charge in [-0.05, 0) is 19.8 Å². The fourth-order valence-electron chi connectivity index (χ4n) is 2.40. The number of piperidine rings is 1. The Morgan fingerprint density at radius 1 is 1.47 bits per heavy atom. The molecule has 0 bridgehead atoms. The summed E-state index contributed by atoms with van der Waals surface area (Å²) < 4.78 is 6.39. The average Bonchev–Trinajstić information content (AvgIpc) is 2.47. The van der Waals surface area contributed by atoms with Crippen molar-refractivity contribution in [2.45, 2.75) is 26.3 Å². The van der Waals surface area contributed by atoms with E-state index in [0.717, 1.165) is 0 Å². The number of rotatable bonds is 3. The van der Waals surface area contributed by atoms with Crippen LogP contribution in [0.2, 0.25) is 0 Å². The zero-order valence-electron chi connectivity index (χ0n) is 11.3. The van der Waals surface area contributed by atoms with Gasteiger partial charge in [0.2, 0.25) is 0 Å². The molecular weight excluding hydrogens is 246 g/mol. The SMILES string of the molecule is CCn1ccnc(N2CCC(C(=O)OC)CC2)c1=O. The molecule has 104 valence electrons. The molecule has 19 heavy (non-hydrogen) atoms. The maximum Gasteiger partial charge on any atom is 0.308 e. The summed E-state index contributed by atoms with van der Waals surface area (Å²) in [7, 11) is 1.41. The molecule has 0 spiro atoms. The van der Waals surface area contributed by atoms with Crippen LogP contribution in [0.4, 0.5) is 5.82 Å². The molecule has 0 amide bonds. The smallest absolute Gasteiger partial charge is 0.308 e. The Morgan fingerprint density at radius 3 is 2.74 bits per heavy atom. The molecule has 0 aromatic carbocycles. The number of nitrogens with zero attached hydrogens (tertiary/aromatic N) is 3. The topological polar surface area (TPSA) is 64.4 Å². The third-order valence-corrected chi connectivity index (χ3v) is 3.57. The molecule has 1 saturated heterocycles. The maximum atomic E-state index is 12.1. The molecule has 1 aliphatic rings. The van der Waals surface area contributed by atoms with E-state index in [2.05, 4.69) is 4.98 Å². The second kappa shape index (κ2) is 5.86. The largest absolute Gasteiger partial charge is 0.469 e. The van der Waals surface area contributed by atoms with Crippen LogP contribution in [0.15, 0.2) is 17.2 Å². The molecular formula is C13H19N3O3. The van der Waals surface area contributed by atoms with Crippen molar-refractivity contribution in [3.05, 3.63) is 22.7 Å². The number of ether oxygens (including phenoxy) is 1. The first-order valence-electron chi connectivity index (χ1n) is 6.55. The first kappa shape index (κ1) is 13.6. The van der Waals surface area contributed by atoms with Crippen molar-refractivity contribution in [2.75, 3.05) is 25.1 Å².